The quantitative estimate of drug-likeness (QED) is 0.878. The summed E-state index contributed by atoms with van der Waals surface area (Å²) in [5.41, 5.74) is 2.67. The fourth-order valence-electron chi connectivity index (χ4n) is 3.04. The number of benzene rings is 2. The molecule has 0 saturated heterocycles. The van der Waals surface area contributed by atoms with E-state index in [1.165, 1.54) is 15.6 Å². The molecule has 2 aromatic rings. The van der Waals surface area contributed by atoms with Crippen molar-refractivity contribution in [2.45, 2.75) is 25.3 Å². The Balaban J connectivity index is 1.84. The lowest BCUT2D eigenvalue weighted by molar-refractivity contribution is 0.298. The van der Waals surface area contributed by atoms with Crippen LogP contribution in [0.25, 0.3) is 0 Å². The molecule has 2 unspecified atom stereocenters. The van der Waals surface area contributed by atoms with Gasteiger partial charge in [0.05, 0.1) is 6.61 Å². The van der Waals surface area contributed by atoms with Gasteiger partial charge in [-0.2, -0.15) is 0 Å². The summed E-state index contributed by atoms with van der Waals surface area (Å²) >= 11 is 3.66. The van der Waals surface area contributed by atoms with Gasteiger partial charge in [-0.05, 0) is 30.7 Å². The Morgan fingerprint density at radius 3 is 2.76 bits per heavy atom. The van der Waals surface area contributed by atoms with Crippen LogP contribution in [0.15, 0.2) is 53.0 Å². The molecule has 0 saturated carbocycles. The van der Waals surface area contributed by atoms with Gasteiger partial charge in [-0.15, -0.1) is 0 Å². The first-order chi connectivity index (χ1) is 10.3. The standard InChI is InChI=1S/C18H20BrNO/c1-2-20-17(11-13-7-3-5-9-16(13)19)15-12-21-18-10-6-4-8-14(15)18/h3-10,15,17,20H,2,11-12H2,1H3. The molecule has 3 heteroatoms. The van der Waals surface area contributed by atoms with Crippen molar-refractivity contribution in [3.8, 4) is 5.75 Å². The molecule has 1 N–H and O–H groups in total. The minimum Gasteiger partial charge on any atom is -0.493 e. The molecule has 2 atom stereocenters. The summed E-state index contributed by atoms with van der Waals surface area (Å²) in [4.78, 5) is 0. The second-order valence-electron chi connectivity index (χ2n) is 5.42. The van der Waals surface area contributed by atoms with Crippen LogP contribution >= 0.6 is 15.9 Å². The lowest BCUT2D eigenvalue weighted by Crippen LogP contribution is -2.37. The summed E-state index contributed by atoms with van der Waals surface area (Å²) in [6.07, 6.45) is 0.998. The number of fused-ring (bicyclic) bond motifs is 1. The van der Waals surface area contributed by atoms with E-state index in [1.54, 1.807) is 0 Å². The second-order valence-corrected chi connectivity index (χ2v) is 6.27. The zero-order chi connectivity index (χ0) is 14.7. The molecule has 110 valence electrons. The minimum atomic E-state index is 0.386. The first kappa shape index (κ1) is 14.6. The number of nitrogens with one attached hydrogen (secondary N) is 1. The van der Waals surface area contributed by atoms with Crippen molar-refractivity contribution in [2.24, 2.45) is 0 Å². The Bertz CT molecular complexity index is 614. The van der Waals surface area contributed by atoms with Crippen LogP contribution in [-0.4, -0.2) is 19.2 Å². The van der Waals surface area contributed by atoms with Crippen LogP contribution in [0.4, 0.5) is 0 Å². The monoisotopic (exact) mass is 345 g/mol. The van der Waals surface area contributed by atoms with Crippen LogP contribution in [-0.2, 0) is 6.42 Å². The largest absolute Gasteiger partial charge is 0.493 e. The topological polar surface area (TPSA) is 21.3 Å². The number of hydrogen-bond acceptors (Lipinski definition) is 2. The molecule has 0 bridgehead atoms. The van der Waals surface area contributed by atoms with E-state index in [1.807, 2.05) is 6.07 Å². The summed E-state index contributed by atoms with van der Waals surface area (Å²) in [5, 5.41) is 3.64. The van der Waals surface area contributed by atoms with Gasteiger partial charge in [0.25, 0.3) is 0 Å². The molecule has 0 spiro atoms. The molecule has 1 aliphatic rings. The van der Waals surface area contributed by atoms with Crippen LogP contribution in [0.2, 0.25) is 0 Å². The molecule has 21 heavy (non-hydrogen) atoms. The third-order valence-corrected chi connectivity index (χ3v) is 4.86. The van der Waals surface area contributed by atoms with Gasteiger partial charge in [-0.25, -0.2) is 0 Å². The van der Waals surface area contributed by atoms with Crippen molar-refractivity contribution in [3.63, 3.8) is 0 Å². The van der Waals surface area contributed by atoms with Crippen LogP contribution in [0.1, 0.15) is 24.0 Å². The van der Waals surface area contributed by atoms with Crippen molar-refractivity contribution in [3.05, 3.63) is 64.1 Å². The van der Waals surface area contributed by atoms with E-state index >= 15 is 0 Å². The SMILES string of the molecule is CCNC(Cc1ccccc1Br)C1COc2ccccc21. The predicted molar refractivity (Wildman–Crippen MR) is 90.0 cm³/mol. The second kappa shape index (κ2) is 6.63. The molecule has 2 aromatic carbocycles. The number of hydrogen-bond donors (Lipinski definition) is 1. The maximum absolute atomic E-state index is 5.85. The van der Waals surface area contributed by atoms with Gasteiger partial charge >= 0.3 is 0 Å². The van der Waals surface area contributed by atoms with Gasteiger partial charge in [0.1, 0.15) is 5.75 Å². The molecule has 0 fully saturated rings. The Morgan fingerprint density at radius 1 is 1.19 bits per heavy atom. The van der Waals surface area contributed by atoms with Gasteiger partial charge in [0.15, 0.2) is 0 Å². The molecule has 0 amide bonds. The van der Waals surface area contributed by atoms with E-state index in [-0.39, 0.29) is 0 Å². The third kappa shape index (κ3) is 3.14. The van der Waals surface area contributed by atoms with Crippen LogP contribution in [0.5, 0.6) is 5.75 Å². The van der Waals surface area contributed by atoms with Crippen molar-refractivity contribution in [1.29, 1.82) is 0 Å². The van der Waals surface area contributed by atoms with Gasteiger partial charge in [-0.3, -0.25) is 0 Å². The fourth-order valence-corrected chi connectivity index (χ4v) is 3.49. The number of para-hydroxylation sites is 1. The van der Waals surface area contributed by atoms with Crippen molar-refractivity contribution in [2.75, 3.05) is 13.2 Å². The molecule has 1 aliphatic heterocycles. The van der Waals surface area contributed by atoms with Gasteiger partial charge < -0.3 is 10.1 Å². The lowest BCUT2D eigenvalue weighted by atomic mass is 9.89. The van der Waals surface area contributed by atoms with Crippen molar-refractivity contribution in [1.82, 2.24) is 5.32 Å². The molecule has 0 radical (unpaired) electrons. The molecule has 0 aromatic heterocycles. The van der Waals surface area contributed by atoms with E-state index in [0.717, 1.165) is 25.3 Å². The number of ether oxygens (including phenoxy) is 1. The number of halogens is 1. The molecule has 3 rings (SSSR count). The molecule has 1 heterocycles. The maximum atomic E-state index is 5.85. The minimum absolute atomic E-state index is 0.386. The van der Waals surface area contributed by atoms with Gasteiger partial charge in [0, 0.05) is 22.0 Å². The third-order valence-electron chi connectivity index (χ3n) is 4.09. The average molecular weight is 346 g/mol. The highest BCUT2D eigenvalue weighted by molar-refractivity contribution is 9.10. The normalized spacial score (nSPS) is 18.1. The molecule has 0 aliphatic carbocycles. The van der Waals surface area contributed by atoms with E-state index in [4.69, 9.17) is 4.74 Å². The Morgan fingerprint density at radius 2 is 1.95 bits per heavy atom. The van der Waals surface area contributed by atoms with Gasteiger partial charge in [-0.1, -0.05) is 59.3 Å². The van der Waals surface area contributed by atoms with Crippen molar-refractivity contribution >= 4 is 15.9 Å². The molecular formula is C18H20BrNO. The predicted octanol–water partition coefficient (Wildman–Crippen LogP) is 4.15. The zero-order valence-electron chi connectivity index (χ0n) is 12.2. The van der Waals surface area contributed by atoms with E-state index in [0.29, 0.717) is 12.0 Å². The molecule has 2 nitrogen and oxygen atoms in total. The van der Waals surface area contributed by atoms with Crippen LogP contribution < -0.4 is 10.1 Å². The Kier molecular flexibility index (Phi) is 4.61. The number of likely N-dealkylation sites (N-methyl/N-ethyl adjacent to an activating group) is 1. The number of rotatable bonds is 5. The van der Waals surface area contributed by atoms with Crippen LogP contribution in [0.3, 0.4) is 0 Å². The summed E-state index contributed by atoms with van der Waals surface area (Å²) in [6, 6.07) is 17.2. The Labute approximate surface area is 134 Å². The van der Waals surface area contributed by atoms with Gasteiger partial charge in [0.2, 0.25) is 0 Å². The zero-order valence-corrected chi connectivity index (χ0v) is 13.8. The highest BCUT2D eigenvalue weighted by Gasteiger charge is 2.31. The van der Waals surface area contributed by atoms with Crippen molar-refractivity contribution < 1.29 is 4.74 Å². The van der Waals surface area contributed by atoms with E-state index < -0.39 is 0 Å². The smallest absolute Gasteiger partial charge is 0.122 e. The first-order valence-corrected chi connectivity index (χ1v) is 8.27. The fraction of sp³-hybridized carbons (Fsp3) is 0.333. The maximum Gasteiger partial charge on any atom is 0.122 e. The summed E-state index contributed by atoms with van der Waals surface area (Å²) in [5.74, 6) is 1.45. The highest BCUT2D eigenvalue weighted by atomic mass is 79.9. The molecular weight excluding hydrogens is 326 g/mol. The van der Waals surface area contributed by atoms with Crippen LogP contribution in [0, 0.1) is 0 Å². The summed E-state index contributed by atoms with van der Waals surface area (Å²) in [6.45, 7) is 3.89. The first-order valence-electron chi connectivity index (χ1n) is 7.48. The Hall–Kier alpha value is -1.32. The summed E-state index contributed by atoms with van der Waals surface area (Å²) in [7, 11) is 0. The highest BCUT2D eigenvalue weighted by Crippen LogP contribution is 2.36. The van der Waals surface area contributed by atoms with E-state index in [2.05, 4.69) is 70.6 Å². The average Bonchev–Trinajstić information content (AvgIpc) is 2.93. The van der Waals surface area contributed by atoms with E-state index in [9.17, 15) is 0 Å². The lowest BCUT2D eigenvalue weighted by Gasteiger charge is -2.24. The summed E-state index contributed by atoms with van der Waals surface area (Å²) < 4.78 is 7.04.